The van der Waals surface area contributed by atoms with E-state index in [1.807, 2.05) is 6.92 Å². The standard InChI is InChI=1S/C27H29F3N4O7/c1-13(6-5-11-31)33-21-20-18-19(32)23(26(34-20)38-3)40-16(35)9-10-17(36)41-24(21)25(37-2)22(18)39-15-8-4-7-14(12-15)27(28,29)30/h4,7-8,12-13,33H,5-6,9-11,31H2,1-3H3,(H2,32,34). The minimum atomic E-state index is -4.65. The quantitative estimate of drug-likeness (QED) is 0.237. The first-order chi connectivity index (χ1) is 19.5. The third kappa shape index (κ3) is 6.16. The lowest BCUT2D eigenvalue weighted by Crippen LogP contribution is -2.21. The number of anilines is 2. The lowest BCUT2D eigenvalue weighted by atomic mass is 10.1. The summed E-state index contributed by atoms with van der Waals surface area (Å²) in [7, 11) is 2.55. The predicted octanol–water partition coefficient (Wildman–Crippen LogP) is 4.79. The molecule has 1 atom stereocenters. The highest BCUT2D eigenvalue weighted by Crippen LogP contribution is 2.55. The molecule has 2 aliphatic rings. The summed E-state index contributed by atoms with van der Waals surface area (Å²) in [6.07, 6.45) is -4.06. The number of ether oxygens (including phenoxy) is 5. The van der Waals surface area contributed by atoms with E-state index in [0.29, 0.717) is 19.4 Å². The maximum Gasteiger partial charge on any atom is 0.416 e. The number of esters is 2. The van der Waals surface area contributed by atoms with Crippen LogP contribution in [0.3, 0.4) is 0 Å². The topological polar surface area (TPSA) is 157 Å². The van der Waals surface area contributed by atoms with Crippen molar-refractivity contribution in [2.75, 3.05) is 31.8 Å². The van der Waals surface area contributed by atoms with Gasteiger partial charge in [0.2, 0.25) is 17.2 Å². The number of alkyl halides is 3. The average molecular weight is 579 g/mol. The molecular weight excluding hydrogens is 549 g/mol. The van der Waals surface area contributed by atoms with Crippen LogP contribution in [0.25, 0.3) is 10.9 Å². The molecule has 4 bridgehead atoms. The molecule has 3 aromatic rings. The molecule has 1 aromatic heterocycles. The number of aromatic nitrogens is 1. The average Bonchev–Trinajstić information content (AvgIpc) is 2.93. The number of hydrogen-bond acceptors (Lipinski definition) is 11. The second-order valence-electron chi connectivity index (χ2n) is 9.21. The van der Waals surface area contributed by atoms with Crippen LogP contribution in [0.5, 0.6) is 34.6 Å². The Labute approximate surface area is 232 Å². The molecule has 11 nitrogen and oxygen atoms in total. The van der Waals surface area contributed by atoms with Crippen LogP contribution in [0.15, 0.2) is 24.3 Å². The second kappa shape index (κ2) is 12.0. The lowest BCUT2D eigenvalue weighted by molar-refractivity contribution is -0.140. The van der Waals surface area contributed by atoms with Gasteiger partial charge in [0.25, 0.3) is 5.88 Å². The number of methoxy groups -OCH3 is 2. The van der Waals surface area contributed by atoms with Crippen molar-refractivity contribution in [3.63, 3.8) is 0 Å². The molecule has 0 saturated heterocycles. The van der Waals surface area contributed by atoms with E-state index in [4.69, 9.17) is 35.2 Å². The summed E-state index contributed by atoms with van der Waals surface area (Å²) < 4.78 is 68.4. The highest BCUT2D eigenvalue weighted by molar-refractivity contribution is 6.10. The van der Waals surface area contributed by atoms with Gasteiger partial charge in [-0.2, -0.15) is 13.2 Å². The smallest absolute Gasteiger partial charge is 0.416 e. The van der Waals surface area contributed by atoms with Crippen LogP contribution in [0.1, 0.15) is 38.2 Å². The van der Waals surface area contributed by atoms with Crippen LogP contribution in [-0.2, 0) is 15.8 Å². The van der Waals surface area contributed by atoms with E-state index in [1.54, 1.807) is 0 Å². The number of benzene rings is 2. The molecule has 2 aliphatic heterocycles. The Morgan fingerprint density at radius 1 is 1.07 bits per heavy atom. The zero-order valence-corrected chi connectivity index (χ0v) is 22.5. The van der Waals surface area contributed by atoms with Crippen LogP contribution >= 0.6 is 0 Å². The fraction of sp³-hybridized carbons (Fsp3) is 0.370. The van der Waals surface area contributed by atoms with E-state index in [9.17, 15) is 22.8 Å². The van der Waals surface area contributed by atoms with Crippen molar-refractivity contribution in [3.8, 4) is 34.6 Å². The van der Waals surface area contributed by atoms with Crippen LogP contribution in [0.4, 0.5) is 24.5 Å². The molecule has 5 rings (SSSR count). The number of nitrogens with zero attached hydrogens (tertiary/aromatic N) is 1. The highest BCUT2D eigenvalue weighted by atomic mass is 19.4. The molecule has 220 valence electrons. The van der Waals surface area contributed by atoms with Crippen molar-refractivity contribution < 1.29 is 46.4 Å². The van der Waals surface area contributed by atoms with Gasteiger partial charge >= 0.3 is 18.1 Å². The molecule has 14 heteroatoms. The van der Waals surface area contributed by atoms with E-state index >= 15 is 0 Å². The summed E-state index contributed by atoms with van der Waals surface area (Å²) in [5.74, 6) is -2.82. The molecule has 2 aromatic carbocycles. The third-order valence-electron chi connectivity index (χ3n) is 6.24. The normalized spacial score (nSPS) is 14.3. The first kappa shape index (κ1) is 29.5. The first-order valence-electron chi connectivity index (χ1n) is 12.6. The fourth-order valence-corrected chi connectivity index (χ4v) is 4.29. The van der Waals surface area contributed by atoms with Gasteiger partial charge in [0.05, 0.1) is 43.7 Å². The molecule has 0 spiro atoms. The SMILES string of the molecule is COc1nc2c(NC(C)CCCN)c3c(OC)c(Oc4cccc(C(F)(F)F)c4)c2c(N)c1OC(=O)CCC(=O)O3. The van der Waals surface area contributed by atoms with Crippen LogP contribution in [0.2, 0.25) is 0 Å². The first-order valence-corrected chi connectivity index (χ1v) is 12.6. The van der Waals surface area contributed by atoms with Crippen molar-refractivity contribution in [1.29, 1.82) is 0 Å². The molecule has 0 aliphatic carbocycles. The van der Waals surface area contributed by atoms with Crippen molar-refractivity contribution in [1.82, 2.24) is 4.98 Å². The van der Waals surface area contributed by atoms with E-state index in [-0.39, 0.29) is 75.8 Å². The number of halogens is 3. The Balaban J connectivity index is 2.09. The van der Waals surface area contributed by atoms with Crippen molar-refractivity contribution in [2.24, 2.45) is 5.73 Å². The summed E-state index contributed by atoms with van der Waals surface area (Å²) >= 11 is 0. The van der Waals surface area contributed by atoms with Crippen molar-refractivity contribution in [2.45, 2.75) is 44.8 Å². The van der Waals surface area contributed by atoms with Gasteiger partial charge in [-0.15, -0.1) is 0 Å². The Hall–Kier alpha value is -4.46. The minimum absolute atomic E-state index is 0.0109. The van der Waals surface area contributed by atoms with E-state index in [1.165, 1.54) is 26.4 Å². The number of carbonyl (C=O) groups excluding carboxylic acids is 2. The zero-order valence-electron chi connectivity index (χ0n) is 22.5. The number of nitrogens with two attached hydrogens (primary N) is 2. The largest absolute Gasteiger partial charge is 0.490 e. The van der Waals surface area contributed by atoms with E-state index in [0.717, 1.165) is 12.1 Å². The summed E-state index contributed by atoms with van der Waals surface area (Å²) in [5.41, 5.74) is 11.3. The lowest BCUT2D eigenvalue weighted by Gasteiger charge is -2.25. The monoisotopic (exact) mass is 578 g/mol. The van der Waals surface area contributed by atoms with Crippen molar-refractivity contribution >= 4 is 34.2 Å². The van der Waals surface area contributed by atoms with Gasteiger partial charge in [0.1, 0.15) is 17.0 Å². The van der Waals surface area contributed by atoms with Gasteiger partial charge in [-0.25, -0.2) is 4.98 Å². The third-order valence-corrected chi connectivity index (χ3v) is 6.24. The van der Waals surface area contributed by atoms with Crippen LogP contribution in [0, 0.1) is 0 Å². The van der Waals surface area contributed by atoms with Crippen molar-refractivity contribution in [3.05, 3.63) is 29.8 Å². The number of nitrogen functional groups attached to an aromatic ring is 1. The fourth-order valence-electron chi connectivity index (χ4n) is 4.29. The number of rotatable bonds is 9. The number of pyridine rings is 1. The summed E-state index contributed by atoms with van der Waals surface area (Å²) in [6, 6.07) is 3.91. The minimum Gasteiger partial charge on any atom is -0.490 e. The summed E-state index contributed by atoms with van der Waals surface area (Å²) in [6.45, 7) is 2.31. The Bertz CT molecular complexity index is 1480. The number of nitrogens with one attached hydrogen (secondary N) is 1. The summed E-state index contributed by atoms with van der Waals surface area (Å²) in [4.78, 5) is 29.9. The number of hydrogen-bond donors (Lipinski definition) is 3. The summed E-state index contributed by atoms with van der Waals surface area (Å²) in [5, 5.41) is 3.27. The highest BCUT2D eigenvalue weighted by Gasteiger charge is 2.34. The molecular formula is C27H29F3N4O7. The van der Waals surface area contributed by atoms with Gasteiger partial charge in [-0.05, 0) is 44.5 Å². The molecule has 5 N–H and O–H groups in total. The van der Waals surface area contributed by atoms with Gasteiger partial charge in [0, 0.05) is 6.04 Å². The predicted molar refractivity (Wildman–Crippen MR) is 143 cm³/mol. The zero-order chi connectivity index (χ0) is 29.9. The van der Waals surface area contributed by atoms with E-state index in [2.05, 4.69) is 10.3 Å². The van der Waals surface area contributed by atoms with Gasteiger partial charge in [0.15, 0.2) is 5.75 Å². The Morgan fingerprint density at radius 2 is 1.76 bits per heavy atom. The number of carbonyl (C=O) groups is 2. The second-order valence-corrected chi connectivity index (χ2v) is 9.21. The van der Waals surface area contributed by atoms with Crippen LogP contribution < -0.4 is 40.5 Å². The molecule has 1 unspecified atom stereocenters. The Kier molecular flexibility index (Phi) is 8.61. The van der Waals surface area contributed by atoms with E-state index < -0.39 is 23.7 Å². The van der Waals surface area contributed by atoms with Crippen LogP contribution in [-0.4, -0.2) is 43.7 Å². The maximum absolute atomic E-state index is 13.5. The van der Waals surface area contributed by atoms with Gasteiger partial charge in [-0.1, -0.05) is 6.07 Å². The molecule has 0 fully saturated rings. The maximum atomic E-state index is 13.5. The number of fused-ring (bicyclic) bond motifs is 7. The van der Waals surface area contributed by atoms with Gasteiger partial charge in [-0.3, -0.25) is 9.59 Å². The molecule has 41 heavy (non-hydrogen) atoms. The Morgan fingerprint density at radius 3 is 2.37 bits per heavy atom. The van der Waals surface area contributed by atoms with Gasteiger partial charge < -0.3 is 40.5 Å². The molecule has 0 amide bonds. The molecule has 0 saturated carbocycles. The molecule has 3 heterocycles. The molecule has 0 radical (unpaired) electrons.